The SMILES string of the molecule is CCOC(=O)Cc1ncn[nH]1. The standard InChI is InChI=1S/C6H9N3O2/c1-2-11-6(10)3-5-7-4-8-9-5/h4H,2-3H2,1H3,(H,7,8,9). The number of esters is 1. The molecule has 0 bridgehead atoms. The van der Waals surface area contributed by atoms with E-state index in [9.17, 15) is 4.79 Å². The van der Waals surface area contributed by atoms with E-state index in [0.717, 1.165) is 0 Å². The summed E-state index contributed by atoms with van der Waals surface area (Å²) in [6.45, 7) is 2.16. The number of hydrogen-bond donors (Lipinski definition) is 1. The van der Waals surface area contributed by atoms with E-state index < -0.39 is 0 Å². The van der Waals surface area contributed by atoms with Crippen molar-refractivity contribution in [2.75, 3.05) is 6.61 Å². The van der Waals surface area contributed by atoms with E-state index in [1.54, 1.807) is 6.92 Å². The van der Waals surface area contributed by atoms with Gasteiger partial charge in [0, 0.05) is 0 Å². The molecule has 0 radical (unpaired) electrons. The summed E-state index contributed by atoms with van der Waals surface area (Å²) < 4.78 is 4.69. The zero-order valence-electron chi connectivity index (χ0n) is 6.20. The van der Waals surface area contributed by atoms with Crippen LogP contribution in [0.5, 0.6) is 0 Å². The third-order valence-electron chi connectivity index (χ3n) is 1.08. The van der Waals surface area contributed by atoms with Crippen molar-refractivity contribution in [2.45, 2.75) is 13.3 Å². The molecule has 1 N–H and O–H groups in total. The summed E-state index contributed by atoms with van der Waals surface area (Å²) in [6, 6.07) is 0. The summed E-state index contributed by atoms with van der Waals surface area (Å²) in [5.41, 5.74) is 0. The average Bonchev–Trinajstić information content (AvgIpc) is 2.40. The first kappa shape index (κ1) is 7.71. The minimum absolute atomic E-state index is 0.161. The van der Waals surface area contributed by atoms with Gasteiger partial charge in [-0.15, -0.1) is 0 Å². The molecule has 1 aromatic rings. The van der Waals surface area contributed by atoms with Gasteiger partial charge in [0.05, 0.1) is 6.61 Å². The van der Waals surface area contributed by atoms with Crippen molar-refractivity contribution >= 4 is 5.97 Å². The van der Waals surface area contributed by atoms with E-state index in [2.05, 4.69) is 19.9 Å². The predicted molar refractivity (Wildman–Crippen MR) is 36.7 cm³/mol. The lowest BCUT2D eigenvalue weighted by Gasteiger charge is -1.96. The highest BCUT2D eigenvalue weighted by atomic mass is 16.5. The highest BCUT2D eigenvalue weighted by molar-refractivity contribution is 5.71. The Hall–Kier alpha value is -1.39. The Bertz CT molecular complexity index is 220. The minimum atomic E-state index is -0.288. The lowest BCUT2D eigenvalue weighted by atomic mass is 10.4. The summed E-state index contributed by atoms with van der Waals surface area (Å²) in [7, 11) is 0. The molecule has 5 nitrogen and oxygen atoms in total. The van der Waals surface area contributed by atoms with E-state index in [1.807, 2.05) is 0 Å². The van der Waals surface area contributed by atoms with Crippen molar-refractivity contribution in [1.82, 2.24) is 15.2 Å². The highest BCUT2D eigenvalue weighted by Gasteiger charge is 2.04. The number of nitrogens with one attached hydrogen (secondary N) is 1. The van der Waals surface area contributed by atoms with Crippen LogP contribution < -0.4 is 0 Å². The van der Waals surface area contributed by atoms with Crippen LogP contribution in [0.25, 0.3) is 0 Å². The molecule has 0 fully saturated rings. The van der Waals surface area contributed by atoms with E-state index in [0.29, 0.717) is 12.4 Å². The van der Waals surface area contributed by atoms with Gasteiger partial charge in [0.1, 0.15) is 18.6 Å². The molecule has 0 atom stereocenters. The van der Waals surface area contributed by atoms with Gasteiger partial charge in [0.25, 0.3) is 0 Å². The van der Waals surface area contributed by atoms with Crippen LogP contribution in [0.2, 0.25) is 0 Å². The Kier molecular flexibility index (Phi) is 2.59. The molecule has 0 spiro atoms. The van der Waals surface area contributed by atoms with Crippen LogP contribution in [0.3, 0.4) is 0 Å². The van der Waals surface area contributed by atoms with Gasteiger partial charge in [-0.25, -0.2) is 4.98 Å². The molecule has 0 unspecified atom stereocenters. The van der Waals surface area contributed by atoms with Gasteiger partial charge < -0.3 is 4.74 Å². The molecule has 0 saturated heterocycles. The number of carbonyl (C=O) groups excluding carboxylic acids is 1. The fraction of sp³-hybridized carbons (Fsp3) is 0.500. The van der Waals surface area contributed by atoms with Crippen molar-refractivity contribution in [3.63, 3.8) is 0 Å². The lowest BCUT2D eigenvalue weighted by Crippen LogP contribution is -2.08. The van der Waals surface area contributed by atoms with Crippen LogP contribution in [0.4, 0.5) is 0 Å². The van der Waals surface area contributed by atoms with Gasteiger partial charge >= 0.3 is 5.97 Å². The Labute approximate surface area is 63.8 Å². The number of H-pyrrole nitrogens is 1. The first-order valence-corrected chi connectivity index (χ1v) is 3.32. The Morgan fingerprint density at radius 2 is 2.64 bits per heavy atom. The van der Waals surface area contributed by atoms with Crippen molar-refractivity contribution < 1.29 is 9.53 Å². The third kappa shape index (κ3) is 2.37. The maximum atomic E-state index is 10.8. The van der Waals surface area contributed by atoms with Crippen LogP contribution in [-0.2, 0) is 16.0 Å². The number of ether oxygens (including phenoxy) is 1. The molecule has 0 aromatic carbocycles. The summed E-state index contributed by atoms with van der Waals surface area (Å²) in [5.74, 6) is 0.243. The molecular weight excluding hydrogens is 146 g/mol. The molecule has 0 aliphatic carbocycles. The van der Waals surface area contributed by atoms with Gasteiger partial charge in [-0.1, -0.05) is 0 Å². The fourth-order valence-electron chi connectivity index (χ4n) is 0.665. The molecule has 5 heteroatoms. The Balaban J connectivity index is 2.37. The Morgan fingerprint density at radius 1 is 1.82 bits per heavy atom. The molecule has 60 valence electrons. The maximum Gasteiger partial charge on any atom is 0.313 e. The summed E-state index contributed by atoms with van der Waals surface area (Å²) in [6.07, 6.45) is 1.52. The maximum absolute atomic E-state index is 10.8. The molecule has 0 aliphatic rings. The van der Waals surface area contributed by atoms with Crippen molar-refractivity contribution in [2.24, 2.45) is 0 Å². The first-order chi connectivity index (χ1) is 5.33. The predicted octanol–water partition coefficient (Wildman–Crippen LogP) is -0.0897. The molecule has 0 saturated carbocycles. The molecule has 0 aliphatic heterocycles. The van der Waals surface area contributed by atoms with Gasteiger partial charge in [-0.05, 0) is 6.92 Å². The van der Waals surface area contributed by atoms with Crippen molar-refractivity contribution in [3.05, 3.63) is 12.2 Å². The second-order valence-electron chi connectivity index (χ2n) is 1.91. The normalized spacial score (nSPS) is 9.55. The summed E-state index contributed by atoms with van der Waals surface area (Å²) in [4.78, 5) is 14.6. The van der Waals surface area contributed by atoms with Crippen LogP contribution in [0, 0.1) is 0 Å². The first-order valence-electron chi connectivity index (χ1n) is 3.32. The number of carbonyl (C=O) groups is 1. The summed E-state index contributed by atoms with van der Waals surface area (Å²) >= 11 is 0. The van der Waals surface area contributed by atoms with Crippen LogP contribution in [0.15, 0.2) is 6.33 Å². The van der Waals surface area contributed by atoms with E-state index >= 15 is 0 Å². The van der Waals surface area contributed by atoms with Crippen LogP contribution in [0.1, 0.15) is 12.7 Å². The minimum Gasteiger partial charge on any atom is -0.466 e. The zero-order chi connectivity index (χ0) is 8.10. The molecule has 11 heavy (non-hydrogen) atoms. The van der Waals surface area contributed by atoms with Gasteiger partial charge in [-0.2, -0.15) is 5.10 Å². The topological polar surface area (TPSA) is 67.9 Å². The number of rotatable bonds is 3. The number of nitrogens with zero attached hydrogens (tertiary/aromatic N) is 2. The highest BCUT2D eigenvalue weighted by Crippen LogP contribution is 1.89. The fourth-order valence-corrected chi connectivity index (χ4v) is 0.665. The monoisotopic (exact) mass is 155 g/mol. The lowest BCUT2D eigenvalue weighted by molar-refractivity contribution is -0.142. The molecule has 1 aromatic heterocycles. The van der Waals surface area contributed by atoms with Crippen molar-refractivity contribution in [1.29, 1.82) is 0 Å². The quantitative estimate of drug-likeness (QED) is 0.619. The van der Waals surface area contributed by atoms with Crippen LogP contribution in [-0.4, -0.2) is 27.8 Å². The summed E-state index contributed by atoms with van der Waals surface area (Å²) in [5, 5.41) is 6.16. The Morgan fingerprint density at radius 3 is 3.18 bits per heavy atom. The van der Waals surface area contributed by atoms with Gasteiger partial charge in [-0.3, -0.25) is 9.89 Å². The van der Waals surface area contributed by atoms with Crippen molar-refractivity contribution in [3.8, 4) is 0 Å². The molecule has 1 rings (SSSR count). The molecular formula is C6H9N3O2. The second kappa shape index (κ2) is 3.70. The molecule has 0 amide bonds. The van der Waals surface area contributed by atoms with Crippen LogP contribution >= 0.6 is 0 Å². The average molecular weight is 155 g/mol. The number of aromatic nitrogens is 3. The largest absolute Gasteiger partial charge is 0.466 e. The third-order valence-corrected chi connectivity index (χ3v) is 1.08. The van der Waals surface area contributed by atoms with E-state index in [4.69, 9.17) is 0 Å². The second-order valence-corrected chi connectivity index (χ2v) is 1.91. The number of aromatic amines is 1. The number of hydrogen-bond acceptors (Lipinski definition) is 4. The van der Waals surface area contributed by atoms with E-state index in [1.165, 1.54) is 6.33 Å². The van der Waals surface area contributed by atoms with E-state index in [-0.39, 0.29) is 12.4 Å². The van der Waals surface area contributed by atoms with Gasteiger partial charge in [0.2, 0.25) is 0 Å². The smallest absolute Gasteiger partial charge is 0.313 e. The van der Waals surface area contributed by atoms with Gasteiger partial charge in [0.15, 0.2) is 0 Å². The molecule has 1 heterocycles. The zero-order valence-corrected chi connectivity index (χ0v) is 6.20.